The Morgan fingerprint density at radius 2 is 1.92 bits per heavy atom. The SMILES string of the molecule is CCC(C#CC(O)C(C)(C)CC(C)(C)C)OC(=O)c1cnccn1. The van der Waals surface area contributed by atoms with Gasteiger partial charge >= 0.3 is 5.97 Å². The van der Waals surface area contributed by atoms with Crippen LogP contribution in [0.3, 0.4) is 0 Å². The van der Waals surface area contributed by atoms with Crippen LogP contribution in [0.2, 0.25) is 0 Å². The van der Waals surface area contributed by atoms with Gasteiger partial charge in [0, 0.05) is 17.8 Å². The molecule has 1 aromatic rings. The predicted octanol–water partition coefficient (Wildman–Crippen LogP) is 3.24. The first kappa shape index (κ1) is 20.1. The van der Waals surface area contributed by atoms with E-state index < -0.39 is 18.2 Å². The molecule has 24 heavy (non-hydrogen) atoms. The molecule has 0 fully saturated rings. The molecular weight excluding hydrogens is 304 g/mol. The molecule has 1 rings (SSSR count). The Labute approximate surface area is 144 Å². The van der Waals surface area contributed by atoms with Gasteiger partial charge in [0.15, 0.2) is 11.8 Å². The van der Waals surface area contributed by atoms with Crippen LogP contribution in [-0.4, -0.2) is 33.3 Å². The fourth-order valence-corrected chi connectivity index (χ4v) is 2.64. The van der Waals surface area contributed by atoms with E-state index in [0.717, 1.165) is 6.42 Å². The van der Waals surface area contributed by atoms with Gasteiger partial charge in [-0.15, -0.1) is 0 Å². The van der Waals surface area contributed by atoms with Crippen molar-refractivity contribution in [3.8, 4) is 11.8 Å². The molecule has 1 aromatic heterocycles. The molecule has 0 aliphatic heterocycles. The summed E-state index contributed by atoms with van der Waals surface area (Å²) in [6, 6.07) is 0. The summed E-state index contributed by atoms with van der Waals surface area (Å²) in [6.07, 6.45) is 4.26. The number of esters is 1. The number of aromatic nitrogens is 2. The smallest absolute Gasteiger partial charge is 0.359 e. The van der Waals surface area contributed by atoms with Crippen molar-refractivity contribution in [2.75, 3.05) is 0 Å². The average molecular weight is 332 g/mol. The van der Waals surface area contributed by atoms with Crippen molar-refractivity contribution in [1.82, 2.24) is 9.97 Å². The maximum absolute atomic E-state index is 12.0. The molecule has 0 aromatic carbocycles. The topological polar surface area (TPSA) is 72.3 Å². The highest BCUT2D eigenvalue weighted by Gasteiger charge is 2.31. The molecule has 0 amide bonds. The summed E-state index contributed by atoms with van der Waals surface area (Å²) in [7, 11) is 0. The van der Waals surface area contributed by atoms with E-state index in [4.69, 9.17) is 4.74 Å². The van der Waals surface area contributed by atoms with Gasteiger partial charge in [0.05, 0.1) is 6.20 Å². The van der Waals surface area contributed by atoms with Gasteiger partial charge in [-0.05, 0) is 18.3 Å². The highest BCUT2D eigenvalue weighted by molar-refractivity contribution is 5.87. The summed E-state index contributed by atoms with van der Waals surface area (Å²) in [5.41, 5.74) is -0.112. The molecule has 0 bridgehead atoms. The van der Waals surface area contributed by atoms with Gasteiger partial charge < -0.3 is 9.84 Å². The molecular formula is C19H28N2O3. The number of hydrogen-bond acceptors (Lipinski definition) is 5. The van der Waals surface area contributed by atoms with Crippen molar-refractivity contribution in [3.63, 3.8) is 0 Å². The van der Waals surface area contributed by atoms with Crippen molar-refractivity contribution in [2.24, 2.45) is 10.8 Å². The molecule has 1 heterocycles. The van der Waals surface area contributed by atoms with Gasteiger partial charge in [-0.1, -0.05) is 53.4 Å². The lowest BCUT2D eigenvalue weighted by Crippen LogP contribution is -2.32. The molecule has 0 aliphatic rings. The van der Waals surface area contributed by atoms with Crippen LogP contribution in [0.5, 0.6) is 0 Å². The lowest BCUT2D eigenvalue weighted by atomic mass is 9.73. The number of nitrogens with zero attached hydrogens (tertiary/aromatic N) is 2. The summed E-state index contributed by atoms with van der Waals surface area (Å²) >= 11 is 0. The van der Waals surface area contributed by atoms with E-state index in [0.29, 0.717) is 6.42 Å². The van der Waals surface area contributed by atoms with Crippen molar-refractivity contribution in [1.29, 1.82) is 0 Å². The number of carbonyl (C=O) groups is 1. The highest BCUT2D eigenvalue weighted by atomic mass is 16.5. The second-order valence-electron chi connectivity index (χ2n) is 7.81. The van der Waals surface area contributed by atoms with Crippen LogP contribution in [0.1, 0.15) is 64.9 Å². The Kier molecular flexibility index (Phi) is 6.92. The van der Waals surface area contributed by atoms with Crippen LogP contribution in [0.4, 0.5) is 0 Å². The third-order valence-electron chi connectivity index (χ3n) is 3.50. The Morgan fingerprint density at radius 1 is 1.25 bits per heavy atom. The van der Waals surface area contributed by atoms with Crippen LogP contribution >= 0.6 is 0 Å². The maximum atomic E-state index is 12.0. The second-order valence-corrected chi connectivity index (χ2v) is 7.81. The maximum Gasteiger partial charge on any atom is 0.359 e. The number of carbonyl (C=O) groups excluding carboxylic acids is 1. The molecule has 5 nitrogen and oxygen atoms in total. The third-order valence-corrected chi connectivity index (χ3v) is 3.50. The first-order chi connectivity index (χ1) is 11.0. The normalized spacial score (nSPS) is 14.3. The predicted molar refractivity (Wildman–Crippen MR) is 93.2 cm³/mol. The molecule has 0 saturated heterocycles. The van der Waals surface area contributed by atoms with Crippen LogP contribution in [0, 0.1) is 22.7 Å². The molecule has 2 atom stereocenters. The average Bonchev–Trinajstić information content (AvgIpc) is 2.49. The monoisotopic (exact) mass is 332 g/mol. The highest BCUT2D eigenvalue weighted by Crippen LogP contribution is 2.35. The largest absolute Gasteiger partial charge is 0.444 e. The van der Waals surface area contributed by atoms with Gasteiger partial charge in [-0.2, -0.15) is 0 Å². The minimum Gasteiger partial charge on any atom is -0.444 e. The van der Waals surface area contributed by atoms with E-state index in [1.54, 1.807) is 0 Å². The number of ether oxygens (including phenoxy) is 1. The quantitative estimate of drug-likeness (QED) is 0.662. The van der Waals surface area contributed by atoms with E-state index in [-0.39, 0.29) is 16.5 Å². The Balaban J connectivity index is 2.75. The first-order valence-electron chi connectivity index (χ1n) is 8.21. The lowest BCUT2D eigenvalue weighted by molar-refractivity contribution is 0.0391. The zero-order chi connectivity index (χ0) is 18.4. The van der Waals surface area contributed by atoms with Crippen LogP contribution in [0.25, 0.3) is 0 Å². The fraction of sp³-hybridized carbons (Fsp3) is 0.632. The van der Waals surface area contributed by atoms with E-state index >= 15 is 0 Å². The Hall–Kier alpha value is -1.93. The van der Waals surface area contributed by atoms with E-state index in [9.17, 15) is 9.90 Å². The summed E-state index contributed by atoms with van der Waals surface area (Å²) in [5.74, 6) is 5.15. The minimum atomic E-state index is -0.791. The molecule has 0 radical (unpaired) electrons. The van der Waals surface area contributed by atoms with Crippen LogP contribution in [-0.2, 0) is 4.74 Å². The van der Waals surface area contributed by atoms with E-state index in [1.165, 1.54) is 18.6 Å². The molecule has 0 aliphatic carbocycles. The van der Waals surface area contributed by atoms with Gasteiger partial charge in [-0.3, -0.25) is 4.98 Å². The molecule has 5 heteroatoms. The fourth-order valence-electron chi connectivity index (χ4n) is 2.64. The molecule has 132 valence electrons. The number of aliphatic hydroxyl groups excluding tert-OH is 1. The lowest BCUT2D eigenvalue weighted by Gasteiger charge is -2.34. The summed E-state index contributed by atoms with van der Waals surface area (Å²) in [6.45, 7) is 12.2. The molecule has 0 spiro atoms. The molecule has 0 saturated carbocycles. The summed E-state index contributed by atoms with van der Waals surface area (Å²) in [5, 5.41) is 10.4. The summed E-state index contributed by atoms with van der Waals surface area (Å²) in [4.78, 5) is 19.7. The van der Waals surface area contributed by atoms with Crippen molar-refractivity contribution >= 4 is 5.97 Å². The number of hydrogen-bond donors (Lipinski definition) is 1. The number of rotatable bonds is 5. The number of aliphatic hydroxyl groups is 1. The second kappa shape index (κ2) is 8.25. The van der Waals surface area contributed by atoms with Crippen LogP contribution in [0.15, 0.2) is 18.6 Å². The Morgan fingerprint density at radius 3 is 2.42 bits per heavy atom. The van der Waals surface area contributed by atoms with E-state index in [1.807, 2.05) is 20.8 Å². The first-order valence-corrected chi connectivity index (χ1v) is 8.21. The van der Waals surface area contributed by atoms with Crippen molar-refractivity contribution < 1.29 is 14.6 Å². The van der Waals surface area contributed by atoms with Crippen LogP contribution < -0.4 is 0 Å². The van der Waals surface area contributed by atoms with Gasteiger partial charge in [0.25, 0.3) is 0 Å². The zero-order valence-corrected chi connectivity index (χ0v) is 15.5. The Bertz CT molecular complexity index is 595. The molecule has 1 N–H and O–H groups in total. The van der Waals surface area contributed by atoms with Crippen molar-refractivity contribution in [3.05, 3.63) is 24.3 Å². The van der Waals surface area contributed by atoms with Gasteiger partial charge in [-0.25, -0.2) is 9.78 Å². The summed E-state index contributed by atoms with van der Waals surface area (Å²) < 4.78 is 5.32. The van der Waals surface area contributed by atoms with Crippen molar-refractivity contribution in [2.45, 2.75) is 66.6 Å². The standard InChI is InChI=1S/C19H28N2O3/c1-7-14(24-17(23)15-12-20-10-11-21-15)8-9-16(22)19(5,6)13-18(2,3)4/h10-12,14,16,22H,7,13H2,1-6H3. The third kappa shape index (κ3) is 6.67. The zero-order valence-electron chi connectivity index (χ0n) is 15.5. The minimum absolute atomic E-state index is 0.0920. The van der Waals surface area contributed by atoms with Gasteiger partial charge in [0.2, 0.25) is 0 Å². The van der Waals surface area contributed by atoms with Gasteiger partial charge in [0.1, 0.15) is 6.10 Å². The van der Waals surface area contributed by atoms with E-state index in [2.05, 4.69) is 42.6 Å². The molecule has 2 unspecified atom stereocenters.